The van der Waals surface area contributed by atoms with Crippen LogP contribution < -0.4 is 5.73 Å². The molecule has 0 amide bonds. The Morgan fingerprint density at radius 3 is 2.27 bits per heavy atom. The van der Waals surface area contributed by atoms with Crippen LogP contribution in [-0.4, -0.2) is 6.04 Å². The van der Waals surface area contributed by atoms with Gasteiger partial charge in [0.05, 0.1) is 0 Å². The summed E-state index contributed by atoms with van der Waals surface area (Å²) in [4.78, 5) is 0. The minimum absolute atomic E-state index is 0.297. The lowest BCUT2D eigenvalue weighted by molar-refractivity contribution is 0.0149. The van der Waals surface area contributed by atoms with Crippen molar-refractivity contribution in [3.05, 3.63) is 36.5 Å². The van der Waals surface area contributed by atoms with Gasteiger partial charge in [-0.05, 0) is 97.7 Å². The van der Waals surface area contributed by atoms with E-state index in [0.717, 1.165) is 47.3 Å². The van der Waals surface area contributed by atoms with Crippen molar-refractivity contribution in [2.24, 2.45) is 58.5 Å². The molecule has 0 aromatic carbocycles. The molecule has 26 heavy (non-hydrogen) atoms. The van der Waals surface area contributed by atoms with Gasteiger partial charge in [-0.1, -0.05) is 49.3 Å². The lowest BCUT2D eigenvalue weighted by Gasteiger charge is -2.49. The lowest BCUT2D eigenvalue weighted by atomic mass is 9.54. The van der Waals surface area contributed by atoms with Gasteiger partial charge in [-0.3, -0.25) is 0 Å². The number of rotatable bonds is 0. The third-order valence-corrected chi connectivity index (χ3v) is 9.82. The molecule has 0 saturated heterocycles. The van der Waals surface area contributed by atoms with Crippen molar-refractivity contribution < 1.29 is 0 Å². The average Bonchev–Trinajstić information content (AvgIpc) is 3.15. The number of hydrogen-bond acceptors (Lipinski definition) is 1. The molecule has 0 bridgehead atoms. The summed E-state index contributed by atoms with van der Waals surface area (Å²) in [6.07, 6.45) is 28.2. The zero-order valence-corrected chi connectivity index (χ0v) is 16.1. The van der Waals surface area contributed by atoms with Crippen LogP contribution in [0.1, 0.15) is 57.8 Å². The molecule has 10 atom stereocenters. The molecule has 1 heteroatoms. The molecular formula is C25H35N. The van der Waals surface area contributed by atoms with Gasteiger partial charge in [0.25, 0.3) is 0 Å². The molecule has 10 unspecified atom stereocenters. The molecule has 0 aliphatic heterocycles. The highest BCUT2D eigenvalue weighted by Crippen LogP contribution is 2.75. The van der Waals surface area contributed by atoms with E-state index in [1.165, 1.54) is 57.8 Å². The maximum absolute atomic E-state index is 6.54. The number of fused-ring (bicyclic) bond motifs is 10. The van der Waals surface area contributed by atoms with Gasteiger partial charge in [0.1, 0.15) is 0 Å². The van der Waals surface area contributed by atoms with Gasteiger partial charge in [0, 0.05) is 6.04 Å². The number of allylic oxidation sites excluding steroid dienone is 5. The molecule has 0 heterocycles. The zero-order valence-electron chi connectivity index (χ0n) is 16.1. The summed E-state index contributed by atoms with van der Waals surface area (Å²) in [6, 6.07) is 0.297. The second-order valence-corrected chi connectivity index (χ2v) is 10.4. The van der Waals surface area contributed by atoms with Gasteiger partial charge in [0.15, 0.2) is 0 Å². The van der Waals surface area contributed by atoms with Crippen LogP contribution in [-0.2, 0) is 0 Å². The van der Waals surface area contributed by atoms with E-state index in [1.807, 2.05) is 0 Å². The van der Waals surface area contributed by atoms with E-state index in [1.54, 1.807) is 0 Å². The minimum Gasteiger partial charge on any atom is -0.324 e. The third kappa shape index (κ3) is 1.91. The van der Waals surface area contributed by atoms with E-state index in [-0.39, 0.29) is 0 Å². The molecule has 0 aromatic rings. The van der Waals surface area contributed by atoms with Crippen molar-refractivity contribution in [2.45, 2.75) is 63.8 Å². The maximum atomic E-state index is 6.54. The smallest absolute Gasteiger partial charge is 0.0226 e. The molecule has 3 saturated carbocycles. The van der Waals surface area contributed by atoms with Gasteiger partial charge in [-0.15, -0.1) is 0 Å². The van der Waals surface area contributed by atoms with Crippen molar-refractivity contribution in [2.75, 3.05) is 0 Å². The fraction of sp³-hybridized carbons (Fsp3) is 0.760. The van der Waals surface area contributed by atoms with Crippen LogP contribution in [0.3, 0.4) is 0 Å². The molecule has 0 aromatic heterocycles. The molecule has 6 aliphatic carbocycles. The first-order chi connectivity index (χ1) is 12.8. The molecule has 3 fully saturated rings. The molecule has 0 radical (unpaired) electrons. The van der Waals surface area contributed by atoms with Crippen LogP contribution in [0.25, 0.3) is 0 Å². The Balaban J connectivity index is 1.55. The predicted molar refractivity (Wildman–Crippen MR) is 107 cm³/mol. The monoisotopic (exact) mass is 349 g/mol. The van der Waals surface area contributed by atoms with Crippen LogP contribution in [0.15, 0.2) is 36.5 Å². The van der Waals surface area contributed by atoms with Crippen molar-refractivity contribution in [3.8, 4) is 0 Å². The highest BCUT2D eigenvalue weighted by atomic mass is 14.8. The predicted octanol–water partition coefficient (Wildman–Crippen LogP) is 5.49. The summed E-state index contributed by atoms with van der Waals surface area (Å²) in [7, 11) is 0. The molecule has 6 aliphatic rings. The standard InChI is InChI=1S/C25H35N/c26-16-13-14-20-19-9-3-6-12-23(19)25(24(20)15-16)21-10-4-1-7-17(21)18-8-2-5-11-22(18)25/h4,6,10,12-14,16-24H,1-3,5,7-9,11,15,26H2. The summed E-state index contributed by atoms with van der Waals surface area (Å²) in [5.74, 6) is 7.16. The van der Waals surface area contributed by atoms with Crippen molar-refractivity contribution >= 4 is 0 Å². The van der Waals surface area contributed by atoms with Gasteiger partial charge in [-0.25, -0.2) is 0 Å². The Hall–Kier alpha value is -0.820. The Labute approximate surface area is 159 Å². The topological polar surface area (TPSA) is 26.0 Å². The van der Waals surface area contributed by atoms with Crippen LogP contribution >= 0.6 is 0 Å². The third-order valence-electron chi connectivity index (χ3n) is 9.82. The first-order valence-corrected chi connectivity index (χ1v) is 11.6. The average molecular weight is 350 g/mol. The summed E-state index contributed by atoms with van der Waals surface area (Å²) < 4.78 is 0. The summed E-state index contributed by atoms with van der Waals surface area (Å²) in [5, 5.41) is 0. The van der Waals surface area contributed by atoms with E-state index < -0.39 is 0 Å². The van der Waals surface area contributed by atoms with Gasteiger partial charge >= 0.3 is 0 Å². The minimum atomic E-state index is 0.297. The number of nitrogens with two attached hydrogens (primary N) is 1. The fourth-order valence-corrected chi connectivity index (χ4v) is 9.39. The normalized spacial score (nSPS) is 56.9. The maximum Gasteiger partial charge on any atom is 0.0226 e. The van der Waals surface area contributed by atoms with Gasteiger partial charge in [-0.2, -0.15) is 0 Å². The molecule has 1 spiro atoms. The summed E-state index contributed by atoms with van der Waals surface area (Å²) >= 11 is 0. The van der Waals surface area contributed by atoms with E-state index in [0.29, 0.717) is 11.5 Å². The Kier molecular flexibility index (Phi) is 3.63. The largest absolute Gasteiger partial charge is 0.324 e. The van der Waals surface area contributed by atoms with Gasteiger partial charge in [0.2, 0.25) is 0 Å². The van der Waals surface area contributed by atoms with E-state index in [9.17, 15) is 0 Å². The SMILES string of the molecule is NC1C=CC2C3CCC=CC3C3(C4C=CCCC4C4CCCCC43)C2C1. The molecule has 2 N–H and O–H groups in total. The van der Waals surface area contributed by atoms with E-state index in [4.69, 9.17) is 5.73 Å². The Morgan fingerprint density at radius 1 is 0.692 bits per heavy atom. The van der Waals surface area contributed by atoms with E-state index >= 15 is 0 Å². The molecule has 140 valence electrons. The quantitative estimate of drug-likeness (QED) is 0.575. The molecule has 6 rings (SSSR count). The van der Waals surface area contributed by atoms with Crippen molar-refractivity contribution in [1.29, 1.82) is 0 Å². The van der Waals surface area contributed by atoms with Gasteiger partial charge < -0.3 is 5.73 Å². The molecular weight excluding hydrogens is 314 g/mol. The first kappa shape index (κ1) is 16.2. The van der Waals surface area contributed by atoms with E-state index in [2.05, 4.69) is 36.5 Å². The Morgan fingerprint density at radius 2 is 1.42 bits per heavy atom. The molecule has 1 nitrogen and oxygen atoms in total. The van der Waals surface area contributed by atoms with Crippen molar-refractivity contribution in [3.63, 3.8) is 0 Å². The van der Waals surface area contributed by atoms with Crippen molar-refractivity contribution in [1.82, 2.24) is 0 Å². The fourth-order valence-electron chi connectivity index (χ4n) is 9.39. The summed E-state index contributed by atoms with van der Waals surface area (Å²) in [6.45, 7) is 0. The summed E-state index contributed by atoms with van der Waals surface area (Å²) in [5.41, 5.74) is 7.07. The highest BCUT2D eigenvalue weighted by molar-refractivity contribution is 5.29. The number of hydrogen-bond donors (Lipinski definition) is 1. The van der Waals surface area contributed by atoms with Crippen LogP contribution in [0.4, 0.5) is 0 Å². The van der Waals surface area contributed by atoms with Crippen LogP contribution in [0.2, 0.25) is 0 Å². The Bertz CT molecular complexity index is 659. The highest BCUT2D eigenvalue weighted by Gasteiger charge is 2.70. The first-order valence-electron chi connectivity index (χ1n) is 11.6. The second kappa shape index (κ2) is 5.84. The van der Waals surface area contributed by atoms with Crippen LogP contribution in [0.5, 0.6) is 0 Å². The lowest BCUT2D eigenvalue weighted by Crippen LogP contribution is -2.46. The second-order valence-electron chi connectivity index (χ2n) is 10.4. The van der Waals surface area contributed by atoms with Crippen LogP contribution in [0, 0.1) is 52.8 Å². The zero-order chi connectivity index (χ0) is 17.3.